The van der Waals surface area contributed by atoms with Crippen LogP contribution in [-0.2, 0) is 0 Å². The second-order valence-electron chi connectivity index (χ2n) is 6.60. The van der Waals surface area contributed by atoms with Crippen LogP contribution in [0.5, 0.6) is 0 Å². The van der Waals surface area contributed by atoms with Crippen LogP contribution in [-0.4, -0.2) is 44.7 Å². The minimum absolute atomic E-state index is 0.549. The van der Waals surface area contributed by atoms with Crippen molar-refractivity contribution in [2.24, 2.45) is 5.92 Å². The van der Waals surface area contributed by atoms with Gasteiger partial charge in [-0.05, 0) is 76.0 Å². The fourth-order valence-electron chi connectivity index (χ4n) is 3.22. The third-order valence-electron chi connectivity index (χ3n) is 4.90. The number of aryl methyl sites for hydroxylation is 1. The molecule has 0 bridgehead atoms. The first-order valence-electron chi connectivity index (χ1n) is 8.28. The van der Waals surface area contributed by atoms with Gasteiger partial charge in [0.25, 0.3) is 0 Å². The van der Waals surface area contributed by atoms with Gasteiger partial charge in [-0.15, -0.1) is 0 Å². The summed E-state index contributed by atoms with van der Waals surface area (Å²) in [7, 11) is 4.18. The number of hydrogen-bond donors (Lipinski definition) is 1. The molecule has 2 rings (SSSR count). The topological polar surface area (TPSA) is 18.5 Å². The molecule has 1 atom stereocenters. The van der Waals surface area contributed by atoms with Gasteiger partial charge in [0.05, 0.1) is 0 Å². The van der Waals surface area contributed by atoms with E-state index in [2.05, 4.69) is 68.2 Å². The van der Waals surface area contributed by atoms with E-state index in [1.165, 1.54) is 49.4 Å². The van der Waals surface area contributed by atoms with Gasteiger partial charge >= 0.3 is 0 Å². The third kappa shape index (κ3) is 4.13. The molecule has 21 heavy (non-hydrogen) atoms. The zero-order valence-corrected chi connectivity index (χ0v) is 14.3. The number of nitrogens with one attached hydrogen (secondary N) is 1. The Hall–Kier alpha value is -1.22. The van der Waals surface area contributed by atoms with Crippen molar-refractivity contribution in [1.82, 2.24) is 4.90 Å². The number of piperidine rings is 1. The lowest BCUT2D eigenvalue weighted by Crippen LogP contribution is -2.39. The van der Waals surface area contributed by atoms with Crippen molar-refractivity contribution in [3.8, 4) is 0 Å². The lowest BCUT2D eigenvalue weighted by Gasteiger charge is -2.35. The summed E-state index contributed by atoms with van der Waals surface area (Å²) < 4.78 is 0. The smallest absolute Gasteiger partial charge is 0.0373 e. The van der Waals surface area contributed by atoms with E-state index in [-0.39, 0.29) is 0 Å². The quantitative estimate of drug-likeness (QED) is 0.893. The van der Waals surface area contributed by atoms with Gasteiger partial charge in [-0.1, -0.05) is 6.92 Å². The Balaban J connectivity index is 1.95. The summed E-state index contributed by atoms with van der Waals surface area (Å²) in [5.41, 5.74) is 3.88. The molecule has 0 amide bonds. The number of nitrogens with zero attached hydrogens (tertiary/aromatic N) is 2. The highest BCUT2D eigenvalue weighted by molar-refractivity contribution is 5.60. The monoisotopic (exact) mass is 289 g/mol. The highest BCUT2D eigenvalue weighted by atomic mass is 15.1. The highest BCUT2D eigenvalue weighted by Crippen LogP contribution is 2.26. The first-order chi connectivity index (χ1) is 10.0. The van der Waals surface area contributed by atoms with Crippen LogP contribution >= 0.6 is 0 Å². The van der Waals surface area contributed by atoms with Crippen LogP contribution < -0.4 is 10.2 Å². The molecular weight excluding hydrogens is 258 g/mol. The van der Waals surface area contributed by atoms with Crippen molar-refractivity contribution in [3.05, 3.63) is 23.8 Å². The molecule has 3 nitrogen and oxygen atoms in total. The summed E-state index contributed by atoms with van der Waals surface area (Å²) in [5.74, 6) is 0.792. The fourth-order valence-corrected chi connectivity index (χ4v) is 3.22. The normalized spacial score (nSPS) is 18.5. The lowest BCUT2D eigenvalue weighted by molar-refractivity contribution is 0.183. The first-order valence-corrected chi connectivity index (χ1v) is 8.28. The molecule has 1 unspecified atom stereocenters. The maximum atomic E-state index is 3.74. The third-order valence-corrected chi connectivity index (χ3v) is 4.90. The zero-order valence-electron chi connectivity index (χ0n) is 14.3. The minimum atomic E-state index is 0.549. The van der Waals surface area contributed by atoms with E-state index in [0.29, 0.717) is 6.04 Å². The van der Waals surface area contributed by atoms with Crippen molar-refractivity contribution in [2.75, 3.05) is 43.9 Å². The molecule has 1 saturated heterocycles. The Morgan fingerprint density at radius 3 is 2.48 bits per heavy atom. The molecule has 3 heteroatoms. The Labute approximate surface area is 130 Å². The molecule has 0 spiro atoms. The first kappa shape index (κ1) is 16.2. The fraction of sp³-hybridized carbons (Fsp3) is 0.667. The van der Waals surface area contributed by atoms with Gasteiger partial charge < -0.3 is 15.1 Å². The summed E-state index contributed by atoms with van der Waals surface area (Å²) in [6, 6.07) is 7.23. The van der Waals surface area contributed by atoms with Gasteiger partial charge in [-0.2, -0.15) is 0 Å². The van der Waals surface area contributed by atoms with E-state index in [0.717, 1.165) is 5.92 Å². The summed E-state index contributed by atoms with van der Waals surface area (Å²) in [6.45, 7) is 10.5. The van der Waals surface area contributed by atoms with Crippen LogP contribution in [0.1, 0.15) is 32.3 Å². The largest absolute Gasteiger partial charge is 0.382 e. The van der Waals surface area contributed by atoms with Gasteiger partial charge in [0, 0.05) is 31.5 Å². The van der Waals surface area contributed by atoms with Crippen molar-refractivity contribution in [2.45, 2.75) is 39.7 Å². The molecule has 1 aromatic rings. The molecule has 1 aromatic carbocycles. The summed E-state index contributed by atoms with van der Waals surface area (Å²) in [4.78, 5) is 4.71. The molecule has 1 aliphatic heterocycles. The van der Waals surface area contributed by atoms with Crippen LogP contribution in [0.3, 0.4) is 0 Å². The van der Waals surface area contributed by atoms with Gasteiger partial charge in [0.1, 0.15) is 0 Å². The summed E-state index contributed by atoms with van der Waals surface area (Å²) in [6.07, 6.45) is 2.63. The Morgan fingerprint density at radius 2 is 1.95 bits per heavy atom. The van der Waals surface area contributed by atoms with Crippen molar-refractivity contribution in [3.63, 3.8) is 0 Å². The van der Waals surface area contributed by atoms with Crippen molar-refractivity contribution < 1.29 is 0 Å². The van der Waals surface area contributed by atoms with Crippen LogP contribution in [0.2, 0.25) is 0 Å². The molecule has 1 aliphatic rings. The van der Waals surface area contributed by atoms with E-state index < -0.39 is 0 Å². The summed E-state index contributed by atoms with van der Waals surface area (Å²) >= 11 is 0. The number of hydrogen-bond acceptors (Lipinski definition) is 3. The highest BCUT2D eigenvalue weighted by Gasteiger charge is 2.23. The van der Waals surface area contributed by atoms with Crippen LogP contribution in [0.4, 0.5) is 11.4 Å². The van der Waals surface area contributed by atoms with Crippen LogP contribution in [0, 0.1) is 12.8 Å². The second-order valence-corrected chi connectivity index (χ2v) is 6.60. The Kier molecular flexibility index (Phi) is 5.51. The number of rotatable bonds is 5. The maximum absolute atomic E-state index is 3.74. The van der Waals surface area contributed by atoms with Gasteiger partial charge in [0.2, 0.25) is 0 Å². The van der Waals surface area contributed by atoms with Crippen molar-refractivity contribution >= 4 is 11.4 Å². The van der Waals surface area contributed by atoms with Gasteiger partial charge in [-0.25, -0.2) is 0 Å². The molecule has 1 N–H and O–H groups in total. The summed E-state index contributed by atoms with van der Waals surface area (Å²) in [5, 5.41) is 3.74. The van der Waals surface area contributed by atoms with Crippen molar-refractivity contribution in [1.29, 1.82) is 0 Å². The molecular formula is C18H31N3. The predicted molar refractivity (Wildman–Crippen MR) is 93.4 cm³/mol. The predicted octanol–water partition coefficient (Wildman–Crippen LogP) is 3.59. The standard InChI is InChI=1S/C18H31N3/c1-6-21-11-9-16(10-12-21)15(3)19-18-8-7-17(20(4)5)13-14(18)2/h7-8,13,15-16,19H,6,9-12H2,1-5H3. The van der Waals surface area contributed by atoms with Crippen LogP contribution in [0.25, 0.3) is 0 Å². The molecule has 0 aliphatic carbocycles. The van der Waals surface area contributed by atoms with E-state index in [9.17, 15) is 0 Å². The van der Waals surface area contributed by atoms with Gasteiger partial charge in [-0.3, -0.25) is 0 Å². The minimum Gasteiger partial charge on any atom is -0.382 e. The van der Waals surface area contributed by atoms with E-state index in [4.69, 9.17) is 0 Å². The zero-order chi connectivity index (χ0) is 15.4. The molecule has 1 heterocycles. The number of likely N-dealkylation sites (tertiary alicyclic amines) is 1. The average Bonchev–Trinajstić information content (AvgIpc) is 2.49. The second kappa shape index (κ2) is 7.17. The van der Waals surface area contributed by atoms with E-state index in [1.807, 2.05) is 0 Å². The van der Waals surface area contributed by atoms with E-state index in [1.54, 1.807) is 0 Å². The molecule has 0 radical (unpaired) electrons. The molecule has 0 aromatic heterocycles. The lowest BCUT2D eigenvalue weighted by atomic mass is 9.90. The number of anilines is 2. The van der Waals surface area contributed by atoms with Crippen LogP contribution in [0.15, 0.2) is 18.2 Å². The SMILES string of the molecule is CCN1CCC(C(C)Nc2ccc(N(C)C)cc2C)CC1. The molecule has 0 saturated carbocycles. The van der Waals surface area contributed by atoms with Gasteiger partial charge in [0.15, 0.2) is 0 Å². The maximum Gasteiger partial charge on any atom is 0.0373 e. The molecule has 118 valence electrons. The molecule has 1 fully saturated rings. The average molecular weight is 289 g/mol. The Morgan fingerprint density at radius 1 is 1.29 bits per heavy atom. The number of benzene rings is 1. The Bertz CT molecular complexity index is 448. The van der Waals surface area contributed by atoms with E-state index >= 15 is 0 Å².